The number of carbonyl (C=O) groups excluding carboxylic acids is 1. The van der Waals surface area contributed by atoms with Gasteiger partial charge in [-0.2, -0.15) is 0 Å². The lowest BCUT2D eigenvalue weighted by Gasteiger charge is -2.42. The topological polar surface area (TPSA) is 99.8 Å². The fourth-order valence-electron chi connectivity index (χ4n) is 4.69. The zero-order valence-corrected chi connectivity index (χ0v) is 17.4. The van der Waals surface area contributed by atoms with Crippen LogP contribution in [0.3, 0.4) is 0 Å². The van der Waals surface area contributed by atoms with Crippen LogP contribution in [0.4, 0.5) is 10.6 Å². The van der Waals surface area contributed by atoms with E-state index in [-0.39, 0.29) is 23.2 Å². The van der Waals surface area contributed by atoms with E-state index in [0.29, 0.717) is 30.5 Å². The first-order chi connectivity index (χ1) is 14.4. The Morgan fingerprint density at radius 2 is 1.93 bits per heavy atom. The second kappa shape index (κ2) is 8.24. The molecule has 3 N–H and O–H groups in total. The van der Waals surface area contributed by atoms with Gasteiger partial charge >= 0.3 is 12.0 Å². The van der Waals surface area contributed by atoms with E-state index in [1.165, 1.54) is 11.6 Å². The van der Waals surface area contributed by atoms with Crippen molar-refractivity contribution < 1.29 is 14.7 Å². The first-order valence-electron chi connectivity index (χ1n) is 10.2. The van der Waals surface area contributed by atoms with Crippen molar-refractivity contribution in [1.82, 2.24) is 9.88 Å². The molecule has 1 saturated heterocycles. The van der Waals surface area contributed by atoms with E-state index in [1.807, 2.05) is 23.1 Å². The molecule has 0 radical (unpaired) electrons. The molecule has 1 aromatic heterocycles. The molecule has 1 aliphatic carbocycles. The van der Waals surface area contributed by atoms with Gasteiger partial charge in [-0.15, -0.1) is 0 Å². The van der Waals surface area contributed by atoms with E-state index in [1.54, 1.807) is 17.0 Å². The third-order valence-electron chi connectivity index (χ3n) is 6.45. The minimum Gasteiger partial charge on any atom is -0.477 e. The fraction of sp³-hybridized carbons (Fsp3) is 0.409. The molecule has 2 heterocycles. The highest BCUT2D eigenvalue weighted by molar-refractivity contribution is 6.30. The summed E-state index contributed by atoms with van der Waals surface area (Å²) in [5, 5.41) is 9.87. The zero-order chi connectivity index (χ0) is 21.3. The Balaban J connectivity index is 1.46. The second-order valence-electron chi connectivity index (χ2n) is 8.04. The number of nitrogens with two attached hydrogens (primary N) is 1. The normalized spacial score (nSPS) is 24.3. The number of aromatic carboxylic acids is 1. The molecular formula is C22H25ClN4O3. The lowest BCUT2D eigenvalue weighted by atomic mass is 9.68. The quantitative estimate of drug-likeness (QED) is 0.759. The zero-order valence-electron chi connectivity index (χ0n) is 16.6. The number of carboxylic acids is 1. The molecule has 7 nitrogen and oxygen atoms in total. The third-order valence-corrected chi connectivity index (χ3v) is 6.69. The number of carboxylic acid groups (broad SMARTS) is 1. The van der Waals surface area contributed by atoms with Crippen molar-refractivity contribution in [3.8, 4) is 0 Å². The molecule has 158 valence electrons. The number of carbonyl (C=O) groups is 2. The van der Waals surface area contributed by atoms with E-state index in [0.717, 1.165) is 25.7 Å². The predicted octanol–water partition coefficient (Wildman–Crippen LogP) is 3.51. The van der Waals surface area contributed by atoms with E-state index in [4.69, 9.17) is 22.4 Å². The highest BCUT2D eigenvalue weighted by atomic mass is 35.5. The van der Waals surface area contributed by atoms with Gasteiger partial charge in [-0.25, -0.2) is 14.6 Å². The largest absolute Gasteiger partial charge is 0.477 e. The van der Waals surface area contributed by atoms with Gasteiger partial charge in [0.25, 0.3) is 0 Å². The van der Waals surface area contributed by atoms with E-state index < -0.39 is 5.97 Å². The predicted molar refractivity (Wildman–Crippen MR) is 115 cm³/mol. The molecule has 4 rings (SSSR count). The molecule has 2 aromatic rings. The molecule has 1 aromatic carbocycles. The minimum absolute atomic E-state index is 0.0642. The number of pyridine rings is 1. The van der Waals surface area contributed by atoms with E-state index in [2.05, 4.69) is 11.1 Å². The minimum atomic E-state index is -1.10. The molecular weight excluding hydrogens is 404 g/mol. The molecule has 0 atom stereocenters. The van der Waals surface area contributed by atoms with Crippen LogP contribution in [0.1, 0.15) is 41.7 Å². The smallest absolute Gasteiger partial charge is 0.354 e. The Labute approximate surface area is 180 Å². The van der Waals surface area contributed by atoms with Crippen molar-refractivity contribution >= 4 is 29.4 Å². The summed E-state index contributed by atoms with van der Waals surface area (Å²) in [6.45, 7) is 1.66. The van der Waals surface area contributed by atoms with Gasteiger partial charge in [0.05, 0.1) is 0 Å². The van der Waals surface area contributed by atoms with Crippen molar-refractivity contribution in [3.05, 3.63) is 58.7 Å². The first kappa shape index (κ1) is 20.6. The molecule has 2 aliphatic rings. The van der Waals surface area contributed by atoms with Crippen molar-refractivity contribution in [2.45, 2.75) is 37.1 Å². The number of hydrogen-bond donors (Lipinski definition) is 2. The Kier molecular flexibility index (Phi) is 5.66. The maximum Gasteiger partial charge on any atom is 0.354 e. The Morgan fingerprint density at radius 1 is 1.20 bits per heavy atom. The number of aromatic nitrogens is 1. The number of amides is 2. The number of urea groups is 1. The lowest BCUT2D eigenvalue weighted by Crippen LogP contribution is -2.47. The maximum absolute atomic E-state index is 13.1. The number of rotatable bonds is 5. The molecule has 1 aliphatic heterocycles. The van der Waals surface area contributed by atoms with Gasteiger partial charge in [-0.1, -0.05) is 29.8 Å². The van der Waals surface area contributed by atoms with Crippen LogP contribution in [0.2, 0.25) is 5.02 Å². The number of nitrogens with zero attached hydrogens (tertiary/aromatic N) is 3. The molecule has 1 saturated carbocycles. The number of benzene rings is 1. The third kappa shape index (κ3) is 3.75. The molecule has 0 unspecified atom stereocenters. The van der Waals surface area contributed by atoms with Gasteiger partial charge in [0.1, 0.15) is 5.82 Å². The maximum atomic E-state index is 13.1. The summed E-state index contributed by atoms with van der Waals surface area (Å²) in [6, 6.07) is 12.7. The highest BCUT2D eigenvalue weighted by Crippen LogP contribution is 2.41. The van der Waals surface area contributed by atoms with Crippen LogP contribution in [0, 0.1) is 0 Å². The summed E-state index contributed by atoms with van der Waals surface area (Å²) < 4.78 is 0. The summed E-state index contributed by atoms with van der Waals surface area (Å²) in [6.07, 6.45) is 3.52. The van der Waals surface area contributed by atoms with Crippen LogP contribution in [-0.2, 0) is 5.41 Å². The summed E-state index contributed by atoms with van der Waals surface area (Å²) in [7, 11) is 0. The van der Waals surface area contributed by atoms with Crippen LogP contribution in [0.15, 0.2) is 42.5 Å². The molecule has 8 heteroatoms. The van der Waals surface area contributed by atoms with E-state index >= 15 is 0 Å². The van der Waals surface area contributed by atoms with Crippen molar-refractivity contribution in [3.63, 3.8) is 0 Å². The number of anilines is 1. The molecule has 2 amide bonds. The molecule has 2 fully saturated rings. The second-order valence-corrected chi connectivity index (χ2v) is 8.48. The monoisotopic (exact) mass is 428 g/mol. The molecule has 0 spiro atoms. The van der Waals surface area contributed by atoms with Gasteiger partial charge in [0, 0.05) is 36.1 Å². The summed E-state index contributed by atoms with van der Waals surface area (Å²) in [5.41, 5.74) is 7.19. The standard InChI is InChI=1S/C22H25ClN4O3/c23-16-4-1-3-15(13-16)22(14-24)9-7-17(8-10-22)26-11-12-27(21(26)30)19-6-2-5-18(25-19)20(28)29/h1-6,13,17H,7-12,14,24H2,(H,28,29)/t17-,22-. The highest BCUT2D eigenvalue weighted by Gasteiger charge is 2.41. The molecule has 0 bridgehead atoms. The van der Waals surface area contributed by atoms with Crippen molar-refractivity contribution in [2.24, 2.45) is 5.73 Å². The van der Waals surface area contributed by atoms with Crippen LogP contribution in [-0.4, -0.2) is 52.7 Å². The van der Waals surface area contributed by atoms with Gasteiger partial charge in [-0.3, -0.25) is 4.90 Å². The summed E-state index contributed by atoms with van der Waals surface area (Å²) in [4.78, 5) is 31.8. The van der Waals surface area contributed by atoms with Gasteiger partial charge < -0.3 is 15.7 Å². The van der Waals surface area contributed by atoms with E-state index in [9.17, 15) is 9.59 Å². The Morgan fingerprint density at radius 3 is 2.60 bits per heavy atom. The fourth-order valence-corrected chi connectivity index (χ4v) is 4.88. The van der Waals surface area contributed by atoms with Crippen molar-refractivity contribution in [1.29, 1.82) is 0 Å². The number of halogens is 1. The van der Waals surface area contributed by atoms with Crippen LogP contribution in [0.5, 0.6) is 0 Å². The average Bonchev–Trinajstić information content (AvgIpc) is 3.15. The van der Waals surface area contributed by atoms with Crippen LogP contribution < -0.4 is 10.6 Å². The van der Waals surface area contributed by atoms with Crippen LogP contribution >= 0.6 is 11.6 Å². The Hall–Kier alpha value is -2.64. The van der Waals surface area contributed by atoms with Crippen LogP contribution in [0.25, 0.3) is 0 Å². The van der Waals surface area contributed by atoms with Crippen molar-refractivity contribution in [2.75, 3.05) is 24.5 Å². The van der Waals surface area contributed by atoms with Gasteiger partial charge in [0.15, 0.2) is 5.69 Å². The average molecular weight is 429 g/mol. The SMILES string of the molecule is NC[C@]1(c2cccc(Cl)c2)CC[C@H](N2CCN(c3cccc(C(=O)O)n3)C2=O)CC1. The summed E-state index contributed by atoms with van der Waals surface area (Å²) in [5.74, 6) is -0.722. The lowest BCUT2D eigenvalue weighted by molar-refractivity contribution is 0.0690. The first-order valence-corrected chi connectivity index (χ1v) is 10.6. The Bertz CT molecular complexity index is 959. The number of hydrogen-bond acceptors (Lipinski definition) is 4. The van der Waals surface area contributed by atoms with Gasteiger partial charge in [0.2, 0.25) is 0 Å². The summed E-state index contributed by atoms with van der Waals surface area (Å²) >= 11 is 6.20. The molecule has 30 heavy (non-hydrogen) atoms. The van der Waals surface area contributed by atoms with Gasteiger partial charge in [-0.05, 0) is 55.5 Å².